The van der Waals surface area contributed by atoms with Gasteiger partial charge in [-0.1, -0.05) is 0 Å². The molecule has 1 aliphatic rings. The molecule has 6 nitrogen and oxygen atoms in total. The van der Waals surface area contributed by atoms with E-state index in [1.54, 1.807) is 35.9 Å². The molecule has 2 amide bonds. The second-order valence-electron chi connectivity index (χ2n) is 5.07. The number of nitrogens with one attached hydrogen (secondary N) is 1. The molecule has 0 bridgehead atoms. The monoisotopic (exact) mass is 318 g/mol. The Labute approximate surface area is 133 Å². The van der Waals surface area contributed by atoms with Gasteiger partial charge in [-0.15, -0.1) is 11.3 Å². The van der Waals surface area contributed by atoms with Crippen molar-refractivity contribution in [2.45, 2.75) is 25.3 Å². The van der Waals surface area contributed by atoms with Crippen molar-refractivity contribution in [3.63, 3.8) is 0 Å². The van der Waals surface area contributed by atoms with Crippen molar-refractivity contribution in [3.05, 3.63) is 34.9 Å². The predicted molar refractivity (Wildman–Crippen MR) is 85.2 cm³/mol. The first-order valence-electron chi connectivity index (χ1n) is 7.25. The molecule has 1 N–H and O–H groups in total. The molecule has 0 radical (unpaired) electrons. The number of thiazole rings is 1. The minimum absolute atomic E-state index is 0.0522. The number of pyridine rings is 1. The Kier molecular flexibility index (Phi) is 4.53. The molecule has 0 unspecified atom stereocenters. The van der Waals surface area contributed by atoms with Crippen LogP contribution in [0.5, 0.6) is 5.88 Å². The molecule has 22 heavy (non-hydrogen) atoms. The van der Waals surface area contributed by atoms with Gasteiger partial charge in [-0.3, -0.25) is 0 Å². The lowest BCUT2D eigenvalue weighted by Crippen LogP contribution is -2.41. The van der Waals surface area contributed by atoms with Crippen LogP contribution in [0.1, 0.15) is 30.3 Å². The summed E-state index contributed by atoms with van der Waals surface area (Å²) in [5.74, 6) is 0.415. The smallest absolute Gasteiger partial charge is 0.322 e. The first-order valence-corrected chi connectivity index (χ1v) is 8.13. The fraction of sp³-hybridized carbons (Fsp3) is 0.400. The second kappa shape index (κ2) is 6.74. The minimum Gasteiger partial charge on any atom is -0.480 e. The van der Waals surface area contributed by atoms with Gasteiger partial charge in [0.1, 0.15) is 10.7 Å². The summed E-state index contributed by atoms with van der Waals surface area (Å²) in [6, 6.07) is 3.47. The van der Waals surface area contributed by atoms with Gasteiger partial charge in [-0.2, -0.15) is 0 Å². The number of anilines is 1. The highest BCUT2D eigenvalue weighted by molar-refractivity contribution is 7.09. The minimum atomic E-state index is -0.133. The highest BCUT2D eigenvalue weighted by Gasteiger charge is 2.30. The number of piperidine rings is 1. The number of rotatable bonds is 3. The Hall–Kier alpha value is -2.15. The predicted octanol–water partition coefficient (Wildman–Crippen LogP) is 3.31. The number of hydrogen-bond donors (Lipinski definition) is 1. The maximum Gasteiger partial charge on any atom is 0.322 e. The van der Waals surface area contributed by atoms with E-state index in [9.17, 15) is 4.79 Å². The summed E-state index contributed by atoms with van der Waals surface area (Å²) in [6.45, 7) is 0.735. The highest BCUT2D eigenvalue weighted by Crippen LogP contribution is 2.33. The fourth-order valence-corrected chi connectivity index (χ4v) is 3.45. The van der Waals surface area contributed by atoms with Crippen molar-refractivity contribution >= 4 is 23.1 Å². The Bertz CT molecular complexity index is 632. The van der Waals surface area contributed by atoms with Crippen LogP contribution in [0.15, 0.2) is 29.9 Å². The third kappa shape index (κ3) is 3.04. The van der Waals surface area contributed by atoms with E-state index < -0.39 is 0 Å². The van der Waals surface area contributed by atoms with E-state index in [-0.39, 0.29) is 12.1 Å². The first-order chi connectivity index (χ1) is 10.8. The van der Waals surface area contributed by atoms with E-state index in [1.807, 2.05) is 10.3 Å². The fourth-order valence-electron chi connectivity index (χ4n) is 2.67. The van der Waals surface area contributed by atoms with Crippen LogP contribution in [0.4, 0.5) is 10.5 Å². The van der Waals surface area contributed by atoms with Crippen molar-refractivity contribution < 1.29 is 9.53 Å². The van der Waals surface area contributed by atoms with Crippen LogP contribution in [0.2, 0.25) is 0 Å². The van der Waals surface area contributed by atoms with Gasteiger partial charge in [-0.05, 0) is 31.4 Å². The highest BCUT2D eigenvalue weighted by atomic mass is 32.1. The van der Waals surface area contributed by atoms with Crippen LogP contribution in [0, 0.1) is 0 Å². The lowest BCUT2D eigenvalue weighted by atomic mass is 10.0. The van der Waals surface area contributed by atoms with Crippen LogP contribution in [-0.4, -0.2) is 34.6 Å². The SMILES string of the molecule is COc1ncccc1NC(=O)N1CCCC[C@H]1c1nccs1. The number of methoxy groups -OCH3 is 1. The quantitative estimate of drug-likeness (QED) is 0.943. The summed E-state index contributed by atoms with van der Waals surface area (Å²) < 4.78 is 5.18. The molecule has 3 rings (SSSR count). The number of likely N-dealkylation sites (tertiary alicyclic amines) is 1. The zero-order chi connectivity index (χ0) is 15.4. The zero-order valence-electron chi connectivity index (χ0n) is 12.4. The molecule has 2 aromatic rings. The Balaban J connectivity index is 1.77. The van der Waals surface area contributed by atoms with Crippen molar-refractivity contribution in [3.8, 4) is 5.88 Å². The van der Waals surface area contributed by atoms with Gasteiger partial charge in [0.05, 0.1) is 13.2 Å². The summed E-state index contributed by atoms with van der Waals surface area (Å²) >= 11 is 1.59. The number of ether oxygens (including phenoxy) is 1. The van der Waals surface area contributed by atoms with Crippen molar-refractivity contribution in [2.75, 3.05) is 19.0 Å². The van der Waals surface area contributed by atoms with Gasteiger partial charge >= 0.3 is 6.03 Å². The normalized spacial score (nSPS) is 18.0. The number of urea groups is 1. The van der Waals surface area contributed by atoms with Crippen molar-refractivity contribution in [1.29, 1.82) is 0 Å². The molecule has 0 aliphatic carbocycles. The van der Waals surface area contributed by atoms with Crippen LogP contribution in [0.25, 0.3) is 0 Å². The third-order valence-electron chi connectivity index (χ3n) is 3.71. The van der Waals surface area contributed by atoms with E-state index in [2.05, 4.69) is 15.3 Å². The van der Waals surface area contributed by atoms with Gasteiger partial charge < -0.3 is 15.0 Å². The van der Waals surface area contributed by atoms with E-state index >= 15 is 0 Å². The summed E-state index contributed by atoms with van der Waals surface area (Å²) in [5, 5.41) is 5.84. The van der Waals surface area contributed by atoms with Crippen LogP contribution in [-0.2, 0) is 0 Å². The first kappa shape index (κ1) is 14.8. The summed E-state index contributed by atoms with van der Waals surface area (Å²) in [5.41, 5.74) is 0.582. The topological polar surface area (TPSA) is 67.3 Å². The molecule has 0 spiro atoms. The molecule has 0 saturated carbocycles. The average molecular weight is 318 g/mol. The molecule has 116 valence electrons. The summed E-state index contributed by atoms with van der Waals surface area (Å²) in [4.78, 5) is 23.0. The third-order valence-corrected chi connectivity index (χ3v) is 4.58. The lowest BCUT2D eigenvalue weighted by Gasteiger charge is -2.34. The van der Waals surface area contributed by atoms with E-state index in [1.165, 1.54) is 7.11 Å². The van der Waals surface area contributed by atoms with Gasteiger partial charge in [0, 0.05) is 24.3 Å². The number of carbonyl (C=O) groups excluding carboxylic acids is 1. The Morgan fingerprint density at radius 2 is 2.32 bits per heavy atom. The molecule has 1 atom stereocenters. The Morgan fingerprint density at radius 3 is 3.09 bits per heavy atom. The van der Waals surface area contributed by atoms with Gasteiger partial charge in [0.2, 0.25) is 5.88 Å². The second-order valence-corrected chi connectivity index (χ2v) is 5.99. The maximum absolute atomic E-state index is 12.6. The molecule has 1 aliphatic heterocycles. The maximum atomic E-state index is 12.6. The number of nitrogens with zero attached hydrogens (tertiary/aromatic N) is 3. The molecule has 1 saturated heterocycles. The number of hydrogen-bond acceptors (Lipinski definition) is 5. The van der Waals surface area contributed by atoms with Crippen LogP contribution < -0.4 is 10.1 Å². The van der Waals surface area contributed by atoms with Crippen molar-refractivity contribution in [1.82, 2.24) is 14.9 Å². The molecular formula is C15H18N4O2S. The Morgan fingerprint density at radius 1 is 1.41 bits per heavy atom. The molecule has 7 heteroatoms. The number of amides is 2. The summed E-state index contributed by atoms with van der Waals surface area (Å²) in [7, 11) is 1.54. The molecule has 1 fully saturated rings. The molecule has 3 heterocycles. The van der Waals surface area contributed by atoms with E-state index in [4.69, 9.17) is 4.74 Å². The van der Waals surface area contributed by atoms with E-state index in [0.29, 0.717) is 11.6 Å². The molecule has 2 aromatic heterocycles. The lowest BCUT2D eigenvalue weighted by molar-refractivity contribution is 0.163. The molecule has 0 aromatic carbocycles. The largest absolute Gasteiger partial charge is 0.480 e. The number of carbonyl (C=O) groups is 1. The van der Waals surface area contributed by atoms with Crippen molar-refractivity contribution in [2.24, 2.45) is 0 Å². The zero-order valence-corrected chi connectivity index (χ0v) is 13.2. The number of aromatic nitrogens is 2. The van der Waals surface area contributed by atoms with E-state index in [0.717, 1.165) is 30.8 Å². The summed E-state index contributed by atoms with van der Waals surface area (Å²) in [6.07, 6.45) is 6.50. The van der Waals surface area contributed by atoms with Gasteiger partial charge in [-0.25, -0.2) is 14.8 Å². The van der Waals surface area contributed by atoms with Crippen LogP contribution in [0.3, 0.4) is 0 Å². The average Bonchev–Trinajstić information content (AvgIpc) is 3.09. The van der Waals surface area contributed by atoms with Crippen LogP contribution >= 0.6 is 11.3 Å². The molecular weight excluding hydrogens is 300 g/mol. The van der Waals surface area contributed by atoms with Gasteiger partial charge in [0.25, 0.3) is 0 Å². The standard InChI is InChI=1S/C15H18N4O2S/c1-21-13-11(5-4-7-16-13)18-15(20)19-9-3-2-6-12(19)14-17-8-10-22-14/h4-5,7-8,10,12H,2-3,6,9H2,1H3,(H,18,20)/t12-/m0/s1. The van der Waals surface area contributed by atoms with Gasteiger partial charge in [0.15, 0.2) is 0 Å².